The maximum absolute atomic E-state index is 3.17. The van der Waals surface area contributed by atoms with E-state index in [1.165, 1.54) is 19.3 Å². The number of hydrogen-bond donors (Lipinski definition) is 0. The van der Waals surface area contributed by atoms with Crippen molar-refractivity contribution in [2.24, 2.45) is 0 Å². The Hall–Kier alpha value is -1.04. The first-order chi connectivity index (χ1) is 6.00. The quantitative estimate of drug-likeness (QED) is 0.506. The summed E-state index contributed by atoms with van der Waals surface area (Å²) in [4.78, 5) is 0. The zero-order valence-corrected chi connectivity index (χ0v) is 7.37. The largest absolute Gasteiger partial charge is 0.0845 e. The fourth-order valence-electron chi connectivity index (χ4n) is 1.04. The maximum atomic E-state index is 3.17. The van der Waals surface area contributed by atoms with Gasteiger partial charge in [0.2, 0.25) is 0 Å². The summed E-state index contributed by atoms with van der Waals surface area (Å²) in [6.45, 7) is 0. The van der Waals surface area contributed by atoms with Gasteiger partial charge in [0, 0.05) is 0 Å². The Morgan fingerprint density at radius 1 is 0.833 bits per heavy atom. The molecule has 0 aliphatic heterocycles. The van der Waals surface area contributed by atoms with Gasteiger partial charge in [0.15, 0.2) is 0 Å². The van der Waals surface area contributed by atoms with E-state index in [0.29, 0.717) is 0 Å². The summed E-state index contributed by atoms with van der Waals surface area (Å²) in [5.74, 6) is 0. The molecule has 0 spiro atoms. The number of rotatable bonds is 0. The van der Waals surface area contributed by atoms with Crippen LogP contribution in [0.4, 0.5) is 0 Å². The predicted molar refractivity (Wildman–Crippen MR) is 53.7 cm³/mol. The summed E-state index contributed by atoms with van der Waals surface area (Å²) in [6, 6.07) is 0. The van der Waals surface area contributed by atoms with Crippen molar-refractivity contribution in [1.82, 2.24) is 0 Å². The van der Waals surface area contributed by atoms with E-state index in [0.717, 1.165) is 6.42 Å². The molecule has 0 saturated carbocycles. The maximum Gasteiger partial charge on any atom is -0.00915 e. The molecule has 0 aromatic carbocycles. The van der Waals surface area contributed by atoms with Gasteiger partial charge in [0.25, 0.3) is 0 Å². The molecule has 0 amide bonds. The lowest BCUT2D eigenvalue weighted by Crippen LogP contribution is -1.69. The Labute approximate surface area is 75.0 Å². The summed E-state index contributed by atoms with van der Waals surface area (Å²) < 4.78 is 0. The SMILES string of the molecule is [C]1=C\C=C\CCC/C=C/C=C\C/1. The molecular formula is C12H15. The Balaban J connectivity index is 2.42. The van der Waals surface area contributed by atoms with Crippen LogP contribution < -0.4 is 0 Å². The van der Waals surface area contributed by atoms with Crippen molar-refractivity contribution in [3.05, 3.63) is 48.6 Å². The zero-order chi connectivity index (χ0) is 8.49. The standard InChI is InChI=1S/C12H15/c1-2-4-6-8-10-12-11-9-7-5-3-1/h1-4,10-12H,5-7,9H2/b3-1+,4-2-,10-8?,12-11+. The molecule has 0 unspecified atom stereocenters. The van der Waals surface area contributed by atoms with E-state index in [4.69, 9.17) is 0 Å². The Bertz CT molecular complexity index is 182. The van der Waals surface area contributed by atoms with Crippen molar-refractivity contribution in [3.63, 3.8) is 0 Å². The molecule has 1 aliphatic rings. The Kier molecular flexibility index (Phi) is 5.02. The zero-order valence-electron chi connectivity index (χ0n) is 7.37. The number of hydrogen-bond acceptors (Lipinski definition) is 0. The molecule has 63 valence electrons. The highest BCUT2D eigenvalue weighted by Gasteiger charge is 1.79. The van der Waals surface area contributed by atoms with Crippen molar-refractivity contribution in [2.45, 2.75) is 25.7 Å². The molecule has 0 atom stereocenters. The van der Waals surface area contributed by atoms with E-state index in [-0.39, 0.29) is 0 Å². The summed E-state index contributed by atoms with van der Waals surface area (Å²) in [6.07, 6.45) is 22.5. The lowest BCUT2D eigenvalue weighted by Gasteiger charge is -1.89. The molecule has 0 saturated heterocycles. The molecule has 1 rings (SSSR count). The third-order valence-corrected chi connectivity index (χ3v) is 1.71. The van der Waals surface area contributed by atoms with E-state index in [1.807, 2.05) is 6.08 Å². The molecule has 0 aromatic heterocycles. The van der Waals surface area contributed by atoms with E-state index >= 15 is 0 Å². The minimum Gasteiger partial charge on any atom is -0.0845 e. The van der Waals surface area contributed by atoms with E-state index < -0.39 is 0 Å². The molecule has 0 bridgehead atoms. The van der Waals surface area contributed by atoms with Gasteiger partial charge in [-0.1, -0.05) is 42.5 Å². The van der Waals surface area contributed by atoms with Gasteiger partial charge in [-0.2, -0.15) is 0 Å². The first kappa shape index (κ1) is 9.05. The second-order valence-electron chi connectivity index (χ2n) is 2.79. The first-order valence-corrected chi connectivity index (χ1v) is 4.53. The van der Waals surface area contributed by atoms with Gasteiger partial charge in [-0.15, -0.1) is 0 Å². The van der Waals surface area contributed by atoms with Crippen molar-refractivity contribution in [3.8, 4) is 0 Å². The van der Waals surface area contributed by atoms with Crippen molar-refractivity contribution in [2.75, 3.05) is 0 Å². The fraction of sp³-hybridized carbons (Fsp3) is 0.333. The van der Waals surface area contributed by atoms with Crippen LogP contribution in [0.3, 0.4) is 0 Å². The average molecular weight is 159 g/mol. The van der Waals surface area contributed by atoms with Crippen molar-refractivity contribution in [1.29, 1.82) is 0 Å². The first-order valence-electron chi connectivity index (χ1n) is 4.53. The summed E-state index contributed by atoms with van der Waals surface area (Å²) in [5.41, 5.74) is 0. The highest BCUT2D eigenvalue weighted by molar-refractivity contribution is 5.06. The highest BCUT2D eigenvalue weighted by atomic mass is 13.9. The minimum atomic E-state index is 0.911. The van der Waals surface area contributed by atoms with E-state index in [1.54, 1.807) is 0 Å². The van der Waals surface area contributed by atoms with Crippen LogP contribution in [0.15, 0.2) is 42.5 Å². The average Bonchev–Trinajstić information content (AvgIpc) is 2.05. The Morgan fingerprint density at radius 3 is 2.50 bits per heavy atom. The molecule has 1 radical (unpaired) electrons. The molecule has 0 heterocycles. The molecule has 0 heteroatoms. The predicted octanol–water partition coefficient (Wildman–Crippen LogP) is 3.59. The van der Waals surface area contributed by atoms with Crippen LogP contribution in [0.2, 0.25) is 0 Å². The van der Waals surface area contributed by atoms with E-state index in [9.17, 15) is 0 Å². The molecule has 0 aromatic rings. The summed E-state index contributed by atoms with van der Waals surface area (Å²) >= 11 is 0. The van der Waals surface area contributed by atoms with Gasteiger partial charge in [0.05, 0.1) is 0 Å². The third-order valence-electron chi connectivity index (χ3n) is 1.71. The van der Waals surface area contributed by atoms with Gasteiger partial charge < -0.3 is 0 Å². The lowest BCUT2D eigenvalue weighted by molar-refractivity contribution is 0.868. The second-order valence-corrected chi connectivity index (χ2v) is 2.79. The van der Waals surface area contributed by atoms with Crippen LogP contribution >= 0.6 is 0 Å². The van der Waals surface area contributed by atoms with Crippen LogP contribution in [0.1, 0.15) is 25.7 Å². The molecule has 0 fully saturated rings. The highest BCUT2D eigenvalue weighted by Crippen LogP contribution is 1.99. The third kappa shape index (κ3) is 4.73. The van der Waals surface area contributed by atoms with Crippen molar-refractivity contribution >= 4 is 0 Å². The van der Waals surface area contributed by atoms with Gasteiger partial charge >= 0.3 is 0 Å². The molecule has 12 heavy (non-hydrogen) atoms. The number of allylic oxidation sites excluding steroid dienone is 8. The van der Waals surface area contributed by atoms with Gasteiger partial charge in [-0.25, -0.2) is 0 Å². The topological polar surface area (TPSA) is 0 Å². The van der Waals surface area contributed by atoms with Crippen LogP contribution in [-0.2, 0) is 0 Å². The lowest BCUT2D eigenvalue weighted by atomic mass is 10.2. The summed E-state index contributed by atoms with van der Waals surface area (Å²) in [5, 5.41) is 0. The minimum absolute atomic E-state index is 0.911. The monoisotopic (exact) mass is 159 g/mol. The van der Waals surface area contributed by atoms with Gasteiger partial charge in [-0.3, -0.25) is 0 Å². The molecular weight excluding hydrogens is 144 g/mol. The van der Waals surface area contributed by atoms with Crippen LogP contribution in [0.5, 0.6) is 0 Å². The molecule has 1 aliphatic carbocycles. The van der Waals surface area contributed by atoms with Crippen LogP contribution in [0, 0.1) is 6.08 Å². The van der Waals surface area contributed by atoms with E-state index in [2.05, 4.69) is 42.5 Å². The normalized spacial score (nSPS) is 29.3. The van der Waals surface area contributed by atoms with Crippen LogP contribution in [0.25, 0.3) is 0 Å². The smallest absolute Gasteiger partial charge is 0.00915 e. The van der Waals surface area contributed by atoms with Gasteiger partial charge in [-0.05, 0) is 31.8 Å². The van der Waals surface area contributed by atoms with Crippen molar-refractivity contribution < 1.29 is 0 Å². The molecule has 0 N–H and O–H groups in total. The second kappa shape index (κ2) is 6.66. The summed E-state index contributed by atoms with van der Waals surface area (Å²) in [7, 11) is 0. The van der Waals surface area contributed by atoms with Gasteiger partial charge in [0.1, 0.15) is 0 Å². The Morgan fingerprint density at radius 2 is 1.58 bits per heavy atom. The molecule has 0 nitrogen and oxygen atoms in total. The van der Waals surface area contributed by atoms with Crippen LogP contribution in [-0.4, -0.2) is 0 Å². The fourth-order valence-corrected chi connectivity index (χ4v) is 1.04.